The van der Waals surface area contributed by atoms with E-state index < -0.39 is 0 Å². The van der Waals surface area contributed by atoms with Crippen molar-refractivity contribution < 1.29 is 4.79 Å². The van der Waals surface area contributed by atoms with E-state index in [4.69, 9.17) is 34.8 Å². The monoisotopic (exact) mass is 330 g/mol. The van der Waals surface area contributed by atoms with E-state index in [1.54, 1.807) is 36.4 Å². The third-order valence-corrected chi connectivity index (χ3v) is 4.69. The maximum absolute atomic E-state index is 11.3. The van der Waals surface area contributed by atoms with Crippen molar-refractivity contribution in [2.45, 2.75) is 16.7 Å². The minimum absolute atomic E-state index is 0.0146. The van der Waals surface area contributed by atoms with Gasteiger partial charge >= 0.3 is 0 Å². The Hall–Kier alpha value is -0.670. The van der Waals surface area contributed by atoms with E-state index in [0.29, 0.717) is 20.6 Å². The normalized spacial score (nSPS) is 10.5. The first-order valence-corrected chi connectivity index (χ1v) is 7.36. The fourth-order valence-electron chi connectivity index (χ4n) is 1.48. The Kier molecular flexibility index (Phi) is 4.80. The van der Waals surface area contributed by atoms with Crippen LogP contribution in [0.4, 0.5) is 0 Å². The zero-order valence-electron chi connectivity index (χ0n) is 9.91. The van der Waals surface area contributed by atoms with Gasteiger partial charge in [0.25, 0.3) is 0 Å². The molecule has 5 heteroatoms. The molecule has 98 valence electrons. The van der Waals surface area contributed by atoms with Crippen molar-refractivity contribution in [1.82, 2.24) is 0 Å². The Morgan fingerprint density at radius 2 is 1.68 bits per heavy atom. The Morgan fingerprint density at radius 3 is 2.32 bits per heavy atom. The number of benzene rings is 2. The number of hydrogen-bond acceptors (Lipinski definition) is 2. The molecule has 0 aliphatic rings. The minimum Gasteiger partial charge on any atom is -0.295 e. The minimum atomic E-state index is -0.0146. The molecule has 0 unspecified atom stereocenters. The summed E-state index contributed by atoms with van der Waals surface area (Å²) in [5, 5.41) is 1.75. The summed E-state index contributed by atoms with van der Waals surface area (Å²) in [7, 11) is 0. The molecule has 0 N–H and O–H groups in total. The molecule has 0 aliphatic heterocycles. The second kappa shape index (κ2) is 6.19. The molecule has 0 bridgehead atoms. The lowest BCUT2D eigenvalue weighted by Gasteiger charge is -2.07. The molecule has 0 aliphatic carbocycles. The number of hydrogen-bond donors (Lipinski definition) is 0. The number of carbonyl (C=O) groups is 1. The van der Waals surface area contributed by atoms with Gasteiger partial charge in [-0.1, -0.05) is 52.6 Å². The van der Waals surface area contributed by atoms with Crippen molar-refractivity contribution in [3.8, 4) is 0 Å². The lowest BCUT2D eigenvalue weighted by molar-refractivity contribution is 0.101. The van der Waals surface area contributed by atoms with E-state index in [2.05, 4.69) is 0 Å². The van der Waals surface area contributed by atoms with Gasteiger partial charge in [-0.25, -0.2) is 0 Å². The highest BCUT2D eigenvalue weighted by Crippen LogP contribution is 2.38. The summed E-state index contributed by atoms with van der Waals surface area (Å²) in [6, 6.07) is 10.5. The van der Waals surface area contributed by atoms with Gasteiger partial charge in [-0.3, -0.25) is 4.79 Å². The number of halogens is 3. The second-order valence-electron chi connectivity index (χ2n) is 3.88. The van der Waals surface area contributed by atoms with Gasteiger partial charge in [0, 0.05) is 20.4 Å². The van der Waals surface area contributed by atoms with Gasteiger partial charge in [-0.15, -0.1) is 0 Å². The highest BCUT2D eigenvalue weighted by molar-refractivity contribution is 7.99. The molecule has 0 saturated carbocycles. The Morgan fingerprint density at radius 1 is 0.947 bits per heavy atom. The van der Waals surface area contributed by atoms with Crippen LogP contribution in [0.25, 0.3) is 0 Å². The molecule has 0 saturated heterocycles. The zero-order chi connectivity index (χ0) is 14.0. The van der Waals surface area contributed by atoms with Crippen LogP contribution in [0.1, 0.15) is 17.3 Å². The van der Waals surface area contributed by atoms with Crippen LogP contribution in [-0.2, 0) is 0 Å². The smallest absolute Gasteiger partial charge is 0.159 e. The summed E-state index contributed by atoms with van der Waals surface area (Å²) in [6.07, 6.45) is 0. The molecule has 0 spiro atoms. The summed E-state index contributed by atoms with van der Waals surface area (Å²) < 4.78 is 0. The maximum atomic E-state index is 11.3. The molecule has 2 rings (SSSR count). The third kappa shape index (κ3) is 3.67. The SMILES string of the molecule is CC(=O)c1ccc(Sc2cc(Cl)ccc2Cl)c(Cl)c1. The van der Waals surface area contributed by atoms with Crippen LogP contribution in [0, 0.1) is 0 Å². The molecule has 0 radical (unpaired) electrons. The quantitative estimate of drug-likeness (QED) is 0.641. The standard InChI is InChI=1S/C14H9Cl3OS/c1-8(18)9-2-5-13(12(17)6-9)19-14-7-10(15)3-4-11(14)16/h2-7H,1H3. The molecular weight excluding hydrogens is 323 g/mol. The molecular formula is C14H9Cl3OS. The van der Waals surface area contributed by atoms with Crippen molar-refractivity contribution in [3.63, 3.8) is 0 Å². The van der Waals surface area contributed by atoms with Gasteiger partial charge in [0.1, 0.15) is 0 Å². The zero-order valence-corrected chi connectivity index (χ0v) is 13.0. The van der Waals surface area contributed by atoms with Gasteiger partial charge in [0.2, 0.25) is 0 Å². The van der Waals surface area contributed by atoms with Gasteiger partial charge in [0.15, 0.2) is 5.78 Å². The maximum Gasteiger partial charge on any atom is 0.159 e. The van der Waals surface area contributed by atoms with Gasteiger partial charge in [-0.2, -0.15) is 0 Å². The highest BCUT2D eigenvalue weighted by Gasteiger charge is 2.09. The van der Waals surface area contributed by atoms with E-state index in [9.17, 15) is 4.79 Å². The first-order chi connectivity index (χ1) is 8.97. The molecule has 0 fully saturated rings. The Bertz CT molecular complexity index is 641. The van der Waals surface area contributed by atoms with Crippen molar-refractivity contribution in [3.05, 3.63) is 57.0 Å². The molecule has 2 aromatic carbocycles. The third-order valence-electron chi connectivity index (χ3n) is 2.45. The van der Waals surface area contributed by atoms with E-state index in [-0.39, 0.29) is 5.78 Å². The number of ketones is 1. The van der Waals surface area contributed by atoms with E-state index >= 15 is 0 Å². The predicted octanol–water partition coefficient (Wildman–Crippen LogP) is 6.00. The summed E-state index contributed by atoms with van der Waals surface area (Å²) >= 11 is 19.6. The van der Waals surface area contributed by atoms with Crippen LogP contribution in [-0.4, -0.2) is 5.78 Å². The van der Waals surface area contributed by atoms with Crippen molar-refractivity contribution in [2.75, 3.05) is 0 Å². The topological polar surface area (TPSA) is 17.1 Å². The van der Waals surface area contributed by atoms with Crippen LogP contribution in [0.5, 0.6) is 0 Å². The Labute approximate surface area is 130 Å². The first kappa shape index (κ1) is 14.7. The van der Waals surface area contributed by atoms with E-state index in [1.165, 1.54) is 18.7 Å². The van der Waals surface area contributed by atoms with Crippen LogP contribution in [0.3, 0.4) is 0 Å². The van der Waals surface area contributed by atoms with E-state index in [0.717, 1.165) is 9.79 Å². The summed E-state index contributed by atoms with van der Waals surface area (Å²) in [5.41, 5.74) is 0.589. The van der Waals surface area contributed by atoms with Crippen LogP contribution in [0.15, 0.2) is 46.2 Å². The molecule has 2 aromatic rings. The van der Waals surface area contributed by atoms with Crippen molar-refractivity contribution >= 4 is 52.3 Å². The average molecular weight is 332 g/mol. The van der Waals surface area contributed by atoms with Crippen LogP contribution in [0.2, 0.25) is 15.1 Å². The molecule has 0 heterocycles. The van der Waals surface area contributed by atoms with E-state index in [1.807, 2.05) is 0 Å². The number of Topliss-reactive ketones (excluding diaryl/α,β-unsaturated/α-hetero) is 1. The lowest BCUT2D eigenvalue weighted by Crippen LogP contribution is -1.91. The number of carbonyl (C=O) groups excluding carboxylic acids is 1. The fraction of sp³-hybridized carbons (Fsp3) is 0.0714. The van der Waals surface area contributed by atoms with Crippen molar-refractivity contribution in [1.29, 1.82) is 0 Å². The molecule has 0 aromatic heterocycles. The predicted molar refractivity (Wildman–Crippen MR) is 82.0 cm³/mol. The summed E-state index contributed by atoms with van der Waals surface area (Å²) in [6.45, 7) is 1.51. The molecule has 0 amide bonds. The Balaban J connectivity index is 2.33. The van der Waals surface area contributed by atoms with Gasteiger partial charge in [-0.05, 0) is 37.3 Å². The molecule has 19 heavy (non-hydrogen) atoms. The summed E-state index contributed by atoms with van der Waals surface area (Å²) in [5.74, 6) is -0.0146. The fourth-order valence-corrected chi connectivity index (χ4v) is 3.12. The van der Waals surface area contributed by atoms with Crippen LogP contribution >= 0.6 is 46.6 Å². The van der Waals surface area contributed by atoms with Crippen molar-refractivity contribution in [2.24, 2.45) is 0 Å². The molecule has 0 atom stereocenters. The number of rotatable bonds is 3. The van der Waals surface area contributed by atoms with Crippen LogP contribution < -0.4 is 0 Å². The average Bonchev–Trinajstić information content (AvgIpc) is 2.36. The van der Waals surface area contributed by atoms with Gasteiger partial charge < -0.3 is 0 Å². The van der Waals surface area contributed by atoms with Gasteiger partial charge in [0.05, 0.1) is 10.0 Å². The summed E-state index contributed by atoms with van der Waals surface area (Å²) in [4.78, 5) is 12.9. The lowest BCUT2D eigenvalue weighted by atomic mass is 10.1. The highest BCUT2D eigenvalue weighted by atomic mass is 35.5. The second-order valence-corrected chi connectivity index (χ2v) is 6.21. The largest absolute Gasteiger partial charge is 0.295 e. The molecule has 1 nitrogen and oxygen atoms in total. The first-order valence-electron chi connectivity index (χ1n) is 5.41.